The van der Waals surface area contributed by atoms with Crippen LogP contribution in [0.15, 0.2) is 16.8 Å². The van der Waals surface area contributed by atoms with E-state index in [2.05, 4.69) is 26.0 Å². The number of rotatable bonds is 5. The molecule has 0 aliphatic heterocycles. The summed E-state index contributed by atoms with van der Waals surface area (Å²) in [5, 5.41) is 6.50. The quantitative estimate of drug-likeness (QED) is 0.660. The predicted octanol–water partition coefficient (Wildman–Crippen LogP) is 1.34. The van der Waals surface area contributed by atoms with Gasteiger partial charge in [0.15, 0.2) is 0 Å². The van der Waals surface area contributed by atoms with Gasteiger partial charge in [-0.25, -0.2) is 0 Å². The van der Waals surface area contributed by atoms with Crippen molar-refractivity contribution in [1.29, 1.82) is 0 Å². The minimum Gasteiger partial charge on any atom is -0.468 e. The summed E-state index contributed by atoms with van der Waals surface area (Å²) in [6.07, 6.45) is 0.338. The summed E-state index contributed by atoms with van der Waals surface area (Å²) >= 11 is 4.67. The number of alkyl halides is 1. The smallest absolute Gasteiger partial charge is 0.321 e. The van der Waals surface area contributed by atoms with Crippen molar-refractivity contribution in [3.05, 3.63) is 22.4 Å². The van der Waals surface area contributed by atoms with Gasteiger partial charge in [0, 0.05) is 6.54 Å². The third kappa shape index (κ3) is 4.32. The Balaban J connectivity index is 2.28. The molecule has 16 heavy (non-hydrogen) atoms. The summed E-state index contributed by atoms with van der Waals surface area (Å²) in [6.45, 7) is 0.232. The van der Waals surface area contributed by atoms with Crippen molar-refractivity contribution in [1.82, 2.24) is 5.32 Å². The predicted molar refractivity (Wildman–Crippen MR) is 65.8 cm³/mol. The maximum atomic E-state index is 11.4. The molecule has 0 saturated heterocycles. The summed E-state index contributed by atoms with van der Waals surface area (Å²) in [7, 11) is 1.31. The van der Waals surface area contributed by atoms with E-state index in [-0.39, 0.29) is 12.5 Å². The lowest BCUT2D eigenvalue weighted by molar-refractivity contribution is -0.139. The molecule has 4 nitrogen and oxygen atoms in total. The van der Waals surface area contributed by atoms with Gasteiger partial charge in [0.1, 0.15) is 4.83 Å². The molecule has 0 saturated carbocycles. The zero-order chi connectivity index (χ0) is 12.0. The first-order valence-electron chi connectivity index (χ1n) is 4.63. The van der Waals surface area contributed by atoms with E-state index >= 15 is 0 Å². The van der Waals surface area contributed by atoms with Gasteiger partial charge in [-0.1, -0.05) is 15.9 Å². The van der Waals surface area contributed by atoms with Crippen LogP contribution < -0.4 is 5.32 Å². The number of esters is 1. The number of methoxy groups -OCH3 is 1. The highest BCUT2D eigenvalue weighted by molar-refractivity contribution is 9.10. The van der Waals surface area contributed by atoms with E-state index in [0.717, 1.165) is 5.56 Å². The second-order valence-corrected chi connectivity index (χ2v) is 4.99. The Morgan fingerprint density at radius 2 is 2.38 bits per heavy atom. The van der Waals surface area contributed by atoms with Crippen LogP contribution >= 0.6 is 27.3 Å². The fraction of sp³-hybridized carbons (Fsp3) is 0.400. The highest BCUT2D eigenvalue weighted by Gasteiger charge is 2.15. The average molecular weight is 306 g/mol. The van der Waals surface area contributed by atoms with Crippen LogP contribution in [-0.2, 0) is 20.7 Å². The van der Waals surface area contributed by atoms with Crippen molar-refractivity contribution in [2.24, 2.45) is 0 Å². The molecule has 1 heterocycles. The second-order valence-electron chi connectivity index (χ2n) is 3.10. The largest absolute Gasteiger partial charge is 0.468 e. The van der Waals surface area contributed by atoms with Gasteiger partial charge < -0.3 is 10.1 Å². The normalized spacial score (nSPS) is 11.9. The van der Waals surface area contributed by atoms with Gasteiger partial charge in [-0.05, 0) is 22.4 Å². The number of hydrogen-bond donors (Lipinski definition) is 1. The van der Waals surface area contributed by atoms with E-state index < -0.39 is 10.8 Å². The Morgan fingerprint density at radius 1 is 1.62 bits per heavy atom. The standard InChI is InChI=1S/C10H12BrNO3S/c1-15-10(14)8(11)5-12-9(13)4-7-2-3-16-6-7/h2-3,6,8H,4-5H2,1H3,(H,12,13). The minimum atomic E-state index is -0.496. The molecule has 1 amide bonds. The molecule has 0 fully saturated rings. The molecule has 1 unspecified atom stereocenters. The zero-order valence-corrected chi connectivity index (χ0v) is 11.1. The Bertz CT molecular complexity index is 353. The molecular formula is C10H12BrNO3S. The maximum absolute atomic E-state index is 11.4. The third-order valence-corrected chi connectivity index (χ3v) is 3.31. The van der Waals surface area contributed by atoms with E-state index in [9.17, 15) is 9.59 Å². The molecule has 0 spiro atoms. The topological polar surface area (TPSA) is 55.4 Å². The van der Waals surface area contributed by atoms with Crippen molar-refractivity contribution in [3.8, 4) is 0 Å². The number of hydrogen-bond acceptors (Lipinski definition) is 4. The van der Waals surface area contributed by atoms with Crippen molar-refractivity contribution in [3.63, 3.8) is 0 Å². The lowest BCUT2D eigenvalue weighted by Gasteiger charge is -2.08. The molecule has 1 aromatic heterocycles. The van der Waals surface area contributed by atoms with Crippen LogP contribution in [0.2, 0.25) is 0 Å². The van der Waals surface area contributed by atoms with Crippen LogP contribution in [0.4, 0.5) is 0 Å². The molecule has 0 aliphatic carbocycles. The molecule has 0 bridgehead atoms. The number of halogens is 1. The van der Waals surface area contributed by atoms with Gasteiger partial charge in [-0.15, -0.1) is 0 Å². The van der Waals surface area contributed by atoms with Crippen molar-refractivity contribution >= 4 is 39.1 Å². The molecule has 1 N–H and O–H groups in total. The monoisotopic (exact) mass is 305 g/mol. The van der Waals surface area contributed by atoms with Gasteiger partial charge >= 0.3 is 5.97 Å². The van der Waals surface area contributed by atoms with E-state index in [1.165, 1.54) is 7.11 Å². The average Bonchev–Trinajstić information content (AvgIpc) is 2.77. The van der Waals surface area contributed by atoms with Gasteiger partial charge in [0.25, 0.3) is 0 Å². The van der Waals surface area contributed by atoms with Crippen molar-refractivity contribution < 1.29 is 14.3 Å². The molecule has 0 aromatic carbocycles. The fourth-order valence-corrected chi connectivity index (χ4v) is 2.07. The molecule has 0 radical (unpaired) electrons. The summed E-state index contributed by atoms with van der Waals surface area (Å²) in [5.74, 6) is -0.498. The van der Waals surface area contributed by atoms with Gasteiger partial charge in [-0.2, -0.15) is 11.3 Å². The zero-order valence-electron chi connectivity index (χ0n) is 8.73. The second kappa shape index (κ2) is 6.65. The first-order valence-corrected chi connectivity index (χ1v) is 6.49. The highest BCUT2D eigenvalue weighted by Crippen LogP contribution is 2.06. The van der Waals surface area contributed by atoms with E-state index in [0.29, 0.717) is 6.42 Å². The number of amides is 1. The van der Waals surface area contributed by atoms with Gasteiger partial charge in [0.2, 0.25) is 5.91 Å². The molecule has 6 heteroatoms. The minimum absolute atomic E-state index is 0.105. The van der Waals surface area contributed by atoms with Crippen LogP contribution in [0.25, 0.3) is 0 Å². The van der Waals surface area contributed by atoms with Crippen LogP contribution in [0.1, 0.15) is 5.56 Å². The first-order chi connectivity index (χ1) is 7.63. The van der Waals surface area contributed by atoms with Gasteiger partial charge in [0.05, 0.1) is 13.5 Å². The first kappa shape index (κ1) is 13.2. The summed E-state index contributed by atoms with van der Waals surface area (Å²) in [5.41, 5.74) is 0.978. The molecule has 1 rings (SSSR count). The van der Waals surface area contributed by atoms with Crippen LogP contribution in [-0.4, -0.2) is 30.4 Å². The van der Waals surface area contributed by atoms with E-state index in [1.54, 1.807) is 11.3 Å². The molecule has 1 atom stereocenters. The number of carbonyl (C=O) groups is 2. The van der Waals surface area contributed by atoms with Crippen LogP contribution in [0.5, 0.6) is 0 Å². The molecular weight excluding hydrogens is 294 g/mol. The number of nitrogens with one attached hydrogen (secondary N) is 1. The third-order valence-electron chi connectivity index (χ3n) is 1.88. The molecule has 0 aliphatic rings. The van der Waals surface area contributed by atoms with Crippen LogP contribution in [0, 0.1) is 0 Å². The van der Waals surface area contributed by atoms with Crippen molar-refractivity contribution in [2.75, 3.05) is 13.7 Å². The van der Waals surface area contributed by atoms with E-state index in [4.69, 9.17) is 0 Å². The Hall–Kier alpha value is -0.880. The Morgan fingerprint density at radius 3 is 2.94 bits per heavy atom. The SMILES string of the molecule is COC(=O)C(Br)CNC(=O)Cc1ccsc1. The summed E-state index contributed by atoms with van der Waals surface area (Å²) < 4.78 is 4.51. The summed E-state index contributed by atoms with van der Waals surface area (Å²) in [4.78, 5) is 22.0. The van der Waals surface area contributed by atoms with E-state index in [1.807, 2.05) is 16.8 Å². The maximum Gasteiger partial charge on any atom is 0.321 e. The summed E-state index contributed by atoms with van der Waals surface area (Å²) in [6, 6.07) is 1.90. The Kier molecular flexibility index (Phi) is 5.48. The van der Waals surface area contributed by atoms with Crippen LogP contribution in [0.3, 0.4) is 0 Å². The number of ether oxygens (including phenoxy) is 1. The number of carbonyl (C=O) groups excluding carboxylic acids is 2. The lowest BCUT2D eigenvalue weighted by Crippen LogP contribution is -2.34. The Labute approximate surface area is 106 Å². The van der Waals surface area contributed by atoms with Crippen molar-refractivity contribution in [2.45, 2.75) is 11.2 Å². The molecule has 1 aromatic rings. The lowest BCUT2D eigenvalue weighted by atomic mass is 10.2. The number of thiophene rings is 1. The molecule has 88 valence electrons. The highest BCUT2D eigenvalue weighted by atomic mass is 79.9. The fourth-order valence-electron chi connectivity index (χ4n) is 1.06. The van der Waals surface area contributed by atoms with Gasteiger partial charge in [-0.3, -0.25) is 9.59 Å².